The van der Waals surface area contributed by atoms with E-state index in [0.29, 0.717) is 42.2 Å². The van der Waals surface area contributed by atoms with Gasteiger partial charge in [0.05, 0.1) is 44.5 Å². The number of nitrogens with zero attached hydrogens (tertiary/aromatic N) is 3. The molecule has 6 rings (SSSR count). The van der Waals surface area contributed by atoms with Gasteiger partial charge in [0.1, 0.15) is 17.1 Å². The second-order valence-corrected chi connectivity index (χ2v) is 9.48. The number of methoxy groups -OCH3 is 2. The number of H-pyrrole nitrogens is 1. The number of fused-ring (bicyclic) bond motifs is 2. The zero-order valence-corrected chi connectivity index (χ0v) is 19.3. The van der Waals surface area contributed by atoms with Crippen LogP contribution in [0.15, 0.2) is 35.1 Å². The van der Waals surface area contributed by atoms with E-state index in [4.69, 9.17) is 19.2 Å². The van der Waals surface area contributed by atoms with Gasteiger partial charge in [-0.3, -0.25) is 9.69 Å². The second-order valence-electron chi connectivity index (χ2n) is 9.48. The summed E-state index contributed by atoms with van der Waals surface area (Å²) in [5.41, 5.74) is 3.06. The molecular formula is C25H28N4O5. The number of ether oxygens (including phenoxy) is 3. The lowest BCUT2D eigenvalue weighted by Gasteiger charge is -2.28. The van der Waals surface area contributed by atoms with E-state index >= 15 is 0 Å². The van der Waals surface area contributed by atoms with Crippen LogP contribution in [0, 0.1) is 11.8 Å². The maximum Gasteiger partial charge on any atom is 0.338 e. The molecule has 0 bridgehead atoms. The maximum absolute atomic E-state index is 12.3. The minimum absolute atomic E-state index is 0.0356. The highest BCUT2D eigenvalue weighted by Gasteiger charge is 2.56. The Balaban J connectivity index is 1.28. The normalized spacial score (nSPS) is 25.7. The third-order valence-corrected chi connectivity index (χ3v) is 7.50. The van der Waals surface area contributed by atoms with Crippen molar-refractivity contribution < 1.29 is 19.0 Å². The first-order chi connectivity index (χ1) is 16.6. The fourth-order valence-corrected chi connectivity index (χ4v) is 5.65. The van der Waals surface area contributed by atoms with Crippen LogP contribution in [0.3, 0.4) is 0 Å². The molecule has 1 N–H and O–H groups in total. The van der Waals surface area contributed by atoms with E-state index in [2.05, 4.69) is 14.5 Å². The van der Waals surface area contributed by atoms with Crippen molar-refractivity contribution in [3.8, 4) is 5.75 Å². The lowest BCUT2D eigenvalue weighted by molar-refractivity contribution is -0.0591. The number of hydrogen-bond acceptors (Lipinski definition) is 7. The predicted molar refractivity (Wildman–Crippen MR) is 124 cm³/mol. The summed E-state index contributed by atoms with van der Waals surface area (Å²) < 4.78 is 18.4. The highest BCUT2D eigenvalue weighted by molar-refractivity contribution is 5.96. The van der Waals surface area contributed by atoms with Gasteiger partial charge >= 0.3 is 5.97 Å². The number of aromatic nitrogens is 3. The average molecular weight is 465 g/mol. The molecule has 1 saturated carbocycles. The zero-order valence-electron chi connectivity index (χ0n) is 19.3. The highest BCUT2D eigenvalue weighted by atomic mass is 16.5. The van der Waals surface area contributed by atoms with Crippen LogP contribution in [0.25, 0.3) is 11.0 Å². The lowest BCUT2D eigenvalue weighted by atomic mass is 10.1. The van der Waals surface area contributed by atoms with Crippen molar-refractivity contribution in [3.05, 3.63) is 57.8 Å². The van der Waals surface area contributed by atoms with Crippen molar-refractivity contribution in [2.24, 2.45) is 11.8 Å². The Morgan fingerprint density at radius 1 is 1.24 bits per heavy atom. The van der Waals surface area contributed by atoms with E-state index in [-0.39, 0.29) is 11.7 Å². The van der Waals surface area contributed by atoms with E-state index in [1.165, 1.54) is 7.11 Å². The first kappa shape index (κ1) is 21.4. The first-order valence-corrected chi connectivity index (χ1v) is 11.7. The number of imidazole rings is 1. The molecule has 2 aromatic heterocycles. The van der Waals surface area contributed by atoms with Crippen LogP contribution in [0.1, 0.15) is 34.2 Å². The van der Waals surface area contributed by atoms with E-state index < -0.39 is 5.97 Å². The Morgan fingerprint density at radius 3 is 2.68 bits per heavy atom. The average Bonchev–Trinajstić information content (AvgIpc) is 3.13. The first-order valence-electron chi connectivity index (χ1n) is 11.7. The van der Waals surface area contributed by atoms with Crippen LogP contribution in [-0.2, 0) is 22.6 Å². The number of aromatic amines is 1. The lowest BCUT2D eigenvalue weighted by Crippen LogP contribution is -2.33. The van der Waals surface area contributed by atoms with Gasteiger partial charge in [-0.1, -0.05) is 6.07 Å². The van der Waals surface area contributed by atoms with E-state index in [9.17, 15) is 9.59 Å². The molecule has 0 radical (unpaired) electrons. The smallest absolute Gasteiger partial charge is 0.338 e. The summed E-state index contributed by atoms with van der Waals surface area (Å²) in [5.74, 6) is 2.66. The number of likely N-dealkylation sites (tertiary alicyclic amines) is 1. The molecule has 9 nitrogen and oxygen atoms in total. The molecule has 2 unspecified atom stereocenters. The second kappa shape index (κ2) is 8.25. The van der Waals surface area contributed by atoms with Crippen molar-refractivity contribution in [1.82, 2.24) is 19.4 Å². The molecular weight excluding hydrogens is 436 g/mol. The standard InChI is InChI=1S/C25H28N4O5/c1-32-20-9-14(25(31)33-2)8-19-24(20)27-21(29(19)10-15-6-7-34-15)13-28-11-16-17(12-28)23(16)18-4-3-5-22(30)26-18/h3-5,8-9,15-17,23H,6-7,10-13H2,1-2H3,(H,26,30)/t15?,16-,17+,23?. The molecule has 4 heterocycles. The Hall–Kier alpha value is -3.17. The number of rotatable bonds is 7. The van der Waals surface area contributed by atoms with Crippen LogP contribution in [0.2, 0.25) is 0 Å². The fraction of sp³-hybridized carbons (Fsp3) is 0.480. The molecule has 3 aliphatic rings. The summed E-state index contributed by atoms with van der Waals surface area (Å²) in [6.45, 7) is 4.12. The number of carbonyl (C=O) groups excluding carboxylic acids is 1. The number of carbonyl (C=O) groups is 1. The van der Waals surface area contributed by atoms with Crippen LogP contribution < -0.4 is 10.3 Å². The molecule has 9 heteroatoms. The number of esters is 1. The third kappa shape index (κ3) is 3.59. The van der Waals surface area contributed by atoms with Gasteiger partial charge in [-0.15, -0.1) is 0 Å². The topological polar surface area (TPSA) is 98.7 Å². The summed E-state index contributed by atoms with van der Waals surface area (Å²) in [6.07, 6.45) is 1.16. The quantitative estimate of drug-likeness (QED) is 0.535. The molecule has 0 spiro atoms. The van der Waals surface area contributed by atoms with Gasteiger partial charge in [0.25, 0.3) is 0 Å². The van der Waals surface area contributed by atoms with Gasteiger partial charge in [-0.05, 0) is 36.5 Å². The zero-order chi connectivity index (χ0) is 23.4. The maximum atomic E-state index is 12.3. The molecule has 2 saturated heterocycles. The summed E-state index contributed by atoms with van der Waals surface area (Å²) >= 11 is 0. The minimum atomic E-state index is -0.404. The van der Waals surface area contributed by atoms with Crippen LogP contribution in [0.5, 0.6) is 5.75 Å². The Kier molecular flexibility index (Phi) is 5.18. The van der Waals surface area contributed by atoms with Gasteiger partial charge < -0.3 is 23.8 Å². The van der Waals surface area contributed by atoms with E-state index in [1.807, 2.05) is 18.2 Å². The number of benzene rings is 1. The number of hydrogen-bond donors (Lipinski definition) is 1. The van der Waals surface area contributed by atoms with Crippen LogP contribution in [-0.4, -0.2) is 65.4 Å². The SMILES string of the molecule is COC(=O)c1cc(OC)c2nc(CN3C[C@@H]4C(c5cccc(=O)[nH]5)[C@@H]4C3)n(CC3CCO3)c2c1. The molecule has 178 valence electrons. The van der Waals surface area contributed by atoms with Gasteiger partial charge in [0, 0.05) is 37.4 Å². The molecule has 1 aliphatic carbocycles. The van der Waals surface area contributed by atoms with Crippen LogP contribution >= 0.6 is 0 Å². The Morgan fingerprint density at radius 2 is 2.03 bits per heavy atom. The van der Waals surface area contributed by atoms with E-state index in [1.54, 1.807) is 19.2 Å². The van der Waals surface area contributed by atoms with Crippen molar-refractivity contribution in [2.45, 2.75) is 31.5 Å². The molecule has 3 fully saturated rings. The van der Waals surface area contributed by atoms with Crippen molar-refractivity contribution in [2.75, 3.05) is 33.9 Å². The van der Waals surface area contributed by atoms with Gasteiger partial charge in [-0.2, -0.15) is 0 Å². The number of piperidine rings is 1. The van der Waals surface area contributed by atoms with Gasteiger partial charge in [-0.25, -0.2) is 9.78 Å². The summed E-state index contributed by atoms with van der Waals surface area (Å²) in [7, 11) is 2.96. The number of pyridine rings is 1. The number of nitrogens with one attached hydrogen (secondary N) is 1. The van der Waals surface area contributed by atoms with Crippen LogP contribution in [0.4, 0.5) is 0 Å². The summed E-state index contributed by atoms with van der Waals surface area (Å²) in [4.78, 5) is 34.3. The Labute approximate surface area is 196 Å². The van der Waals surface area contributed by atoms with E-state index in [0.717, 1.165) is 48.7 Å². The highest BCUT2D eigenvalue weighted by Crippen LogP contribution is 2.57. The molecule has 2 aliphatic heterocycles. The van der Waals surface area contributed by atoms with Crippen molar-refractivity contribution >= 4 is 17.0 Å². The predicted octanol–water partition coefficient (Wildman–Crippen LogP) is 2.15. The Bertz CT molecular complexity index is 1300. The summed E-state index contributed by atoms with van der Waals surface area (Å²) in [6, 6.07) is 8.94. The minimum Gasteiger partial charge on any atom is -0.494 e. The molecule has 4 atom stereocenters. The molecule has 3 aromatic rings. The van der Waals surface area contributed by atoms with Gasteiger partial charge in [0.2, 0.25) is 5.56 Å². The third-order valence-electron chi connectivity index (χ3n) is 7.50. The molecule has 1 aromatic carbocycles. The monoisotopic (exact) mass is 464 g/mol. The summed E-state index contributed by atoms with van der Waals surface area (Å²) in [5, 5.41) is 0. The molecule has 34 heavy (non-hydrogen) atoms. The van der Waals surface area contributed by atoms with Crippen molar-refractivity contribution in [3.63, 3.8) is 0 Å². The van der Waals surface area contributed by atoms with Gasteiger partial charge in [0.15, 0.2) is 0 Å². The van der Waals surface area contributed by atoms with Crippen molar-refractivity contribution in [1.29, 1.82) is 0 Å². The fourth-order valence-electron chi connectivity index (χ4n) is 5.65. The molecule has 0 amide bonds. The largest absolute Gasteiger partial charge is 0.494 e.